The number of aromatic carboxylic acids is 1. The fourth-order valence-electron chi connectivity index (χ4n) is 1.74. The van der Waals surface area contributed by atoms with Crippen molar-refractivity contribution < 1.29 is 18.3 Å². The summed E-state index contributed by atoms with van der Waals surface area (Å²) in [5, 5.41) is 8.88. The summed E-state index contributed by atoms with van der Waals surface area (Å²) in [4.78, 5) is 11.4. The van der Waals surface area contributed by atoms with Gasteiger partial charge in [0.05, 0.1) is 4.90 Å². The standard InChI is InChI=1S/C12H14N2O4S2/c1-9-11(8-10(19-9)12(15)16)20(17,18)13-4-7-14-5-2-3-6-14/h2-3,5-6,8,13H,4,7H2,1H3,(H,15,16). The minimum absolute atomic E-state index is 0.0216. The number of hydrogen-bond donors (Lipinski definition) is 2. The van der Waals surface area contributed by atoms with Gasteiger partial charge in [0, 0.05) is 30.4 Å². The number of carbonyl (C=O) groups is 1. The summed E-state index contributed by atoms with van der Waals surface area (Å²) in [7, 11) is -3.67. The number of nitrogens with one attached hydrogen (secondary N) is 1. The maximum atomic E-state index is 12.1. The molecule has 2 rings (SSSR count). The Labute approximate surface area is 120 Å². The molecule has 0 aliphatic heterocycles. The van der Waals surface area contributed by atoms with Crippen LogP contribution in [0.3, 0.4) is 0 Å². The smallest absolute Gasteiger partial charge is 0.345 e. The van der Waals surface area contributed by atoms with Crippen molar-refractivity contribution in [2.24, 2.45) is 0 Å². The van der Waals surface area contributed by atoms with Gasteiger partial charge in [0.2, 0.25) is 10.0 Å². The second-order valence-electron chi connectivity index (χ2n) is 4.15. The van der Waals surface area contributed by atoms with E-state index in [1.807, 2.05) is 29.1 Å². The van der Waals surface area contributed by atoms with Crippen molar-refractivity contribution in [3.63, 3.8) is 0 Å². The Balaban J connectivity index is 2.08. The number of hydrogen-bond acceptors (Lipinski definition) is 4. The summed E-state index contributed by atoms with van der Waals surface area (Å²) in [6.45, 7) is 2.35. The van der Waals surface area contributed by atoms with E-state index >= 15 is 0 Å². The maximum Gasteiger partial charge on any atom is 0.345 e. The number of aryl methyl sites for hydroxylation is 1. The molecule has 0 spiro atoms. The third-order valence-corrected chi connectivity index (χ3v) is 5.46. The Hall–Kier alpha value is -1.64. The lowest BCUT2D eigenvalue weighted by molar-refractivity contribution is 0.0702. The van der Waals surface area contributed by atoms with Crippen LogP contribution in [0.2, 0.25) is 0 Å². The van der Waals surface area contributed by atoms with E-state index in [1.165, 1.54) is 6.07 Å². The average Bonchev–Trinajstić information content (AvgIpc) is 2.98. The third kappa shape index (κ3) is 3.27. The Morgan fingerprint density at radius 1 is 1.40 bits per heavy atom. The van der Waals surface area contributed by atoms with E-state index in [0.717, 1.165) is 11.3 Å². The van der Waals surface area contributed by atoms with E-state index in [9.17, 15) is 13.2 Å². The van der Waals surface area contributed by atoms with Gasteiger partial charge in [-0.05, 0) is 25.1 Å². The van der Waals surface area contributed by atoms with Gasteiger partial charge in [-0.15, -0.1) is 11.3 Å². The first-order valence-corrected chi connectivity index (χ1v) is 8.14. The van der Waals surface area contributed by atoms with Crippen LogP contribution >= 0.6 is 11.3 Å². The van der Waals surface area contributed by atoms with Gasteiger partial charge in [-0.2, -0.15) is 0 Å². The quantitative estimate of drug-likeness (QED) is 0.846. The number of carboxylic acids is 1. The number of rotatable bonds is 6. The lowest BCUT2D eigenvalue weighted by Gasteiger charge is -2.06. The third-order valence-electron chi connectivity index (χ3n) is 2.70. The van der Waals surface area contributed by atoms with E-state index in [2.05, 4.69) is 4.72 Å². The Morgan fingerprint density at radius 3 is 2.60 bits per heavy atom. The Kier molecular flexibility index (Phi) is 4.26. The van der Waals surface area contributed by atoms with E-state index in [-0.39, 0.29) is 16.3 Å². The molecule has 0 radical (unpaired) electrons. The molecule has 0 unspecified atom stereocenters. The first-order valence-electron chi connectivity index (χ1n) is 5.84. The second-order valence-corrected chi connectivity index (χ2v) is 7.15. The lowest BCUT2D eigenvalue weighted by Crippen LogP contribution is -2.27. The van der Waals surface area contributed by atoms with Crippen molar-refractivity contribution in [3.05, 3.63) is 40.3 Å². The summed E-state index contributed by atoms with van der Waals surface area (Å²) >= 11 is 0.957. The lowest BCUT2D eigenvalue weighted by atomic mass is 10.4. The van der Waals surface area contributed by atoms with Crippen molar-refractivity contribution in [3.8, 4) is 0 Å². The first-order chi connectivity index (χ1) is 9.40. The van der Waals surface area contributed by atoms with E-state index in [1.54, 1.807) is 6.92 Å². The van der Waals surface area contributed by atoms with Gasteiger partial charge in [-0.1, -0.05) is 0 Å². The van der Waals surface area contributed by atoms with Crippen molar-refractivity contribution in [1.82, 2.24) is 9.29 Å². The van der Waals surface area contributed by atoms with Crippen LogP contribution in [-0.4, -0.2) is 30.6 Å². The van der Waals surface area contributed by atoms with Gasteiger partial charge in [-0.3, -0.25) is 0 Å². The molecule has 8 heteroatoms. The van der Waals surface area contributed by atoms with Crippen LogP contribution in [0.25, 0.3) is 0 Å². The zero-order chi connectivity index (χ0) is 14.8. The number of carboxylic acid groups (broad SMARTS) is 1. The minimum Gasteiger partial charge on any atom is -0.477 e. The SMILES string of the molecule is Cc1sc(C(=O)O)cc1S(=O)(=O)NCCn1cccc1. The zero-order valence-electron chi connectivity index (χ0n) is 10.7. The van der Waals surface area contributed by atoms with Gasteiger partial charge >= 0.3 is 5.97 Å². The van der Waals surface area contributed by atoms with E-state index < -0.39 is 16.0 Å². The van der Waals surface area contributed by atoms with Gasteiger partial charge in [0.25, 0.3) is 0 Å². The molecule has 0 aliphatic carbocycles. The van der Waals surface area contributed by atoms with E-state index in [0.29, 0.717) is 11.4 Å². The number of thiophene rings is 1. The van der Waals surface area contributed by atoms with Crippen LogP contribution in [0.5, 0.6) is 0 Å². The molecule has 2 heterocycles. The van der Waals surface area contributed by atoms with Gasteiger partial charge in [0.1, 0.15) is 4.88 Å². The van der Waals surface area contributed by atoms with Crippen molar-refractivity contribution in [2.45, 2.75) is 18.4 Å². The van der Waals surface area contributed by atoms with Crippen molar-refractivity contribution >= 4 is 27.3 Å². The molecular weight excluding hydrogens is 300 g/mol. The molecular formula is C12H14N2O4S2. The average molecular weight is 314 g/mol. The highest BCUT2D eigenvalue weighted by Gasteiger charge is 2.21. The number of nitrogens with zero attached hydrogens (tertiary/aromatic N) is 1. The van der Waals surface area contributed by atoms with Crippen LogP contribution in [0.1, 0.15) is 14.5 Å². The van der Waals surface area contributed by atoms with Crippen LogP contribution in [0.15, 0.2) is 35.5 Å². The second kappa shape index (κ2) is 5.78. The highest BCUT2D eigenvalue weighted by molar-refractivity contribution is 7.89. The molecule has 0 saturated carbocycles. The van der Waals surface area contributed by atoms with Crippen LogP contribution in [-0.2, 0) is 16.6 Å². The largest absolute Gasteiger partial charge is 0.477 e. The molecule has 0 amide bonds. The molecule has 0 saturated heterocycles. The molecule has 108 valence electrons. The summed E-state index contributed by atoms with van der Waals surface area (Å²) in [6.07, 6.45) is 3.68. The highest BCUT2D eigenvalue weighted by atomic mass is 32.2. The molecule has 20 heavy (non-hydrogen) atoms. The zero-order valence-corrected chi connectivity index (χ0v) is 12.4. The predicted octanol–water partition coefficient (Wildman–Crippen LogP) is 1.53. The van der Waals surface area contributed by atoms with Gasteiger partial charge in [-0.25, -0.2) is 17.9 Å². The monoisotopic (exact) mass is 314 g/mol. The maximum absolute atomic E-state index is 12.1. The normalized spacial score (nSPS) is 11.7. The summed E-state index contributed by atoms with van der Waals surface area (Å²) in [5.74, 6) is -1.12. The highest BCUT2D eigenvalue weighted by Crippen LogP contribution is 2.25. The number of aromatic nitrogens is 1. The fraction of sp³-hybridized carbons (Fsp3) is 0.250. The topological polar surface area (TPSA) is 88.4 Å². The van der Waals surface area contributed by atoms with E-state index in [4.69, 9.17) is 5.11 Å². The summed E-state index contributed by atoms with van der Waals surface area (Å²) in [5.41, 5.74) is 0. The van der Waals surface area contributed by atoms with Crippen LogP contribution < -0.4 is 4.72 Å². The molecule has 0 fully saturated rings. The van der Waals surface area contributed by atoms with Gasteiger partial charge < -0.3 is 9.67 Å². The first kappa shape index (κ1) is 14.8. The predicted molar refractivity (Wildman–Crippen MR) is 75.6 cm³/mol. The molecule has 0 aromatic carbocycles. The molecule has 2 aromatic rings. The molecule has 0 bridgehead atoms. The Morgan fingerprint density at radius 2 is 2.05 bits per heavy atom. The molecule has 6 nitrogen and oxygen atoms in total. The molecule has 2 N–H and O–H groups in total. The number of sulfonamides is 1. The van der Waals surface area contributed by atoms with Crippen molar-refractivity contribution in [1.29, 1.82) is 0 Å². The summed E-state index contributed by atoms with van der Waals surface area (Å²) < 4.78 is 28.5. The van der Waals surface area contributed by atoms with Gasteiger partial charge in [0.15, 0.2) is 0 Å². The molecule has 2 aromatic heterocycles. The van der Waals surface area contributed by atoms with Crippen LogP contribution in [0, 0.1) is 6.92 Å². The fourth-order valence-corrected chi connectivity index (χ4v) is 4.19. The van der Waals surface area contributed by atoms with Crippen LogP contribution in [0.4, 0.5) is 0 Å². The molecule has 0 atom stereocenters. The minimum atomic E-state index is -3.67. The van der Waals surface area contributed by atoms with Crippen molar-refractivity contribution in [2.75, 3.05) is 6.54 Å². The molecule has 0 aliphatic rings. The Bertz CT molecular complexity index is 702. The summed E-state index contributed by atoms with van der Waals surface area (Å²) in [6, 6.07) is 4.91.